The van der Waals surface area contributed by atoms with Gasteiger partial charge in [0.1, 0.15) is 5.75 Å². The van der Waals surface area contributed by atoms with Crippen LogP contribution in [0, 0.1) is 11.3 Å². The second-order valence-corrected chi connectivity index (χ2v) is 5.90. The van der Waals surface area contributed by atoms with Gasteiger partial charge in [0.25, 0.3) is 0 Å². The number of rotatable bonds is 4. The topological polar surface area (TPSA) is 35.2 Å². The van der Waals surface area contributed by atoms with Crippen LogP contribution >= 0.6 is 11.6 Å². The zero-order valence-electron chi connectivity index (χ0n) is 11.1. The Kier molecular flexibility index (Phi) is 4.84. The van der Waals surface area contributed by atoms with Gasteiger partial charge in [-0.3, -0.25) is 0 Å². The normalized spacial score (nSPS) is 13.5. The summed E-state index contributed by atoms with van der Waals surface area (Å²) in [6, 6.07) is 5.72. The molecule has 0 bridgehead atoms. The monoisotopic (exact) mass is 255 g/mol. The van der Waals surface area contributed by atoms with Gasteiger partial charge < -0.3 is 10.5 Å². The minimum Gasteiger partial charge on any atom is -0.496 e. The lowest BCUT2D eigenvalue weighted by atomic mass is 9.77. The fraction of sp³-hybridized carbons (Fsp3) is 0.571. The smallest absolute Gasteiger partial charge is 0.122 e. The van der Waals surface area contributed by atoms with Crippen LogP contribution in [0.25, 0.3) is 0 Å². The molecule has 0 aromatic heterocycles. The summed E-state index contributed by atoms with van der Waals surface area (Å²) in [5.41, 5.74) is 7.18. The summed E-state index contributed by atoms with van der Waals surface area (Å²) in [4.78, 5) is 0. The first-order chi connectivity index (χ1) is 7.88. The molecule has 0 saturated carbocycles. The third kappa shape index (κ3) is 3.90. The van der Waals surface area contributed by atoms with Crippen molar-refractivity contribution >= 4 is 11.6 Å². The molecular weight excluding hydrogens is 234 g/mol. The van der Waals surface area contributed by atoms with Crippen LogP contribution in [0.4, 0.5) is 0 Å². The molecular formula is C14H22ClNO. The molecule has 1 aromatic rings. The highest BCUT2D eigenvalue weighted by atomic mass is 35.5. The summed E-state index contributed by atoms with van der Waals surface area (Å²) in [7, 11) is 1.68. The van der Waals surface area contributed by atoms with E-state index in [9.17, 15) is 0 Å². The number of hydrogen-bond acceptors (Lipinski definition) is 2. The molecule has 0 aliphatic carbocycles. The van der Waals surface area contributed by atoms with Crippen molar-refractivity contribution < 1.29 is 4.74 Å². The molecule has 1 atom stereocenters. The number of methoxy groups -OCH3 is 1. The number of benzene rings is 1. The predicted octanol–water partition coefficient (Wildman–Crippen LogP) is 3.51. The van der Waals surface area contributed by atoms with E-state index in [1.807, 2.05) is 18.2 Å². The summed E-state index contributed by atoms with van der Waals surface area (Å²) in [6.45, 7) is 7.30. The van der Waals surface area contributed by atoms with Crippen LogP contribution < -0.4 is 10.5 Å². The minimum absolute atomic E-state index is 0.183. The quantitative estimate of drug-likeness (QED) is 0.894. The van der Waals surface area contributed by atoms with E-state index in [-0.39, 0.29) is 5.41 Å². The molecule has 3 heteroatoms. The first-order valence-electron chi connectivity index (χ1n) is 5.91. The van der Waals surface area contributed by atoms with E-state index < -0.39 is 0 Å². The van der Waals surface area contributed by atoms with Gasteiger partial charge >= 0.3 is 0 Å². The molecule has 0 fully saturated rings. The molecule has 96 valence electrons. The zero-order chi connectivity index (χ0) is 13.1. The van der Waals surface area contributed by atoms with Gasteiger partial charge in [0.2, 0.25) is 0 Å². The van der Waals surface area contributed by atoms with Crippen molar-refractivity contribution in [2.45, 2.75) is 27.2 Å². The van der Waals surface area contributed by atoms with E-state index in [0.29, 0.717) is 12.5 Å². The number of nitrogens with two attached hydrogens (primary N) is 1. The van der Waals surface area contributed by atoms with Gasteiger partial charge in [0.15, 0.2) is 0 Å². The highest BCUT2D eigenvalue weighted by molar-refractivity contribution is 6.30. The molecule has 0 amide bonds. The highest BCUT2D eigenvalue weighted by Gasteiger charge is 2.24. The summed E-state index contributed by atoms with van der Waals surface area (Å²) in [5, 5.41) is 0.741. The van der Waals surface area contributed by atoms with Crippen LogP contribution in [0.1, 0.15) is 26.3 Å². The minimum atomic E-state index is 0.183. The molecule has 0 saturated heterocycles. The Morgan fingerprint density at radius 1 is 1.35 bits per heavy atom. The Bertz CT molecular complexity index is 371. The van der Waals surface area contributed by atoms with Crippen LogP contribution in [0.15, 0.2) is 18.2 Å². The molecule has 1 aromatic carbocycles. The van der Waals surface area contributed by atoms with Crippen LogP contribution in [0.3, 0.4) is 0 Å². The van der Waals surface area contributed by atoms with Gasteiger partial charge in [-0.1, -0.05) is 32.4 Å². The Labute approximate surface area is 109 Å². The van der Waals surface area contributed by atoms with Gasteiger partial charge in [-0.05, 0) is 48.1 Å². The Morgan fingerprint density at radius 3 is 2.47 bits per heavy atom. The van der Waals surface area contributed by atoms with Crippen molar-refractivity contribution in [3.63, 3.8) is 0 Å². The van der Waals surface area contributed by atoms with Crippen molar-refractivity contribution in [1.29, 1.82) is 0 Å². The summed E-state index contributed by atoms with van der Waals surface area (Å²) in [5.74, 6) is 1.30. The third-order valence-corrected chi connectivity index (χ3v) is 3.45. The Morgan fingerprint density at radius 2 is 2.00 bits per heavy atom. The number of hydrogen-bond donors (Lipinski definition) is 1. The first-order valence-corrected chi connectivity index (χ1v) is 6.28. The van der Waals surface area contributed by atoms with Crippen LogP contribution in [0.2, 0.25) is 5.02 Å². The van der Waals surface area contributed by atoms with Crippen molar-refractivity contribution in [1.82, 2.24) is 0 Å². The maximum Gasteiger partial charge on any atom is 0.122 e. The van der Waals surface area contributed by atoms with Crippen LogP contribution in [0.5, 0.6) is 5.75 Å². The second kappa shape index (κ2) is 5.74. The zero-order valence-corrected chi connectivity index (χ0v) is 11.8. The molecule has 17 heavy (non-hydrogen) atoms. The van der Waals surface area contributed by atoms with Crippen molar-refractivity contribution in [3.8, 4) is 5.75 Å². The van der Waals surface area contributed by atoms with E-state index in [4.69, 9.17) is 22.1 Å². The maximum absolute atomic E-state index is 6.03. The molecule has 0 aliphatic rings. The van der Waals surface area contributed by atoms with E-state index in [1.54, 1.807) is 7.11 Å². The predicted molar refractivity (Wildman–Crippen MR) is 73.7 cm³/mol. The molecule has 0 heterocycles. The van der Waals surface area contributed by atoms with Crippen LogP contribution in [-0.2, 0) is 6.42 Å². The second-order valence-electron chi connectivity index (χ2n) is 5.46. The van der Waals surface area contributed by atoms with Crippen molar-refractivity contribution in [3.05, 3.63) is 28.8 Å². The van der Waals surface area contributed by atoms with Gasteiger partial charge in [-0.25, -0.2) is 0 Å². The molecule has 1 unspecified atom stereocenters. The summed E-state index contributed by atoms with van der Waals surface area (Å²) >= 11 is 6.03. The maximum atomic E-state index is 6.03. The molecule has 2 N–H and O–H groups in total. The third-order valence-electron chi connectivity index (χ3n) is 3.22. The lowest BCUT2D eigenvalue weighted by Gasteiger charge is -2.30. The Balaban J connectivity index is 2.96. The van der Waals surface area contributed by atoms with Gasteiger partial charge in [0.05, 0.1) is 7.11 Å². The van der Waals surface area contributed by atoms with E-state index >= 15 is 0 Å². The van der Waals surface area contributed by atoms with Gasteiger partial charge in [-0.2, -0.15) is 0 Å². The molecule has 1 rings (SSSR count). The fourth-order valence-corrected chi connectivity index (χ4v) is 2.11. The van der Waals surface area contributed by atoms with Crippen molar-refractivity contribution in [2.24, 2.45) is 17.1 Å². The SMILES string of the molecule is COc1ccc(Cl)cc1CC(CN)C(C)(C)C. The average molecular weight is 256 g/mol. The largest absolute Gasteiger partial charge is 0.496 e. The van der Waals surface area contributed by atoms with Crippen LogP contribution in [-0.4, -0.2) is 13.7 Å². The van der Waals surface area contributed by atoms with Gasteiger partial charge in [-0.15, -0.1) is 0 Å². The van der Waals surface area contributed by atoms with E-state index in [2.05, 4.69) is 20.8 Å². The highest BCUT2D eigenvalue weighted by Crippen LogP contribution is 2.32. The Hall–Kier alpha value is -0.730. The van der Waals surface area contributed by atoms with Gasteiger partial charge in [0, 0.05) is 5.02 Å². The number of ether oxygens (including phenoxy) is 1. The lowest BCUT2D eigenvalue weighted by molar-refractivity contribution is 0.243. The lowest BCUT2D eigenvalue weighted by Crippen LogP contribution is -2.30. The molecule has 2 nitrogen and oxygen atoms in total. The summed E-state index contributed by atoms with van der Waals surface area (Å²) in [6.07, 6.45) is 0.893. The summed E-state index contributed by atoms with van der Waals surface area (Å²) < 4.78 is 5.36. The standard InChI is InChI=1S/C14H22ClNO/c1-14(2,3)11(9-16)7-10-8-12(15)5-6-13(10)17-4/h5-6,8,11H,7,9,16H2,1-4H3. The fourth-order valence-electron chi connectivity index (χ4n) is 1.92. The van der Waals surface area contributed by atoms with E-state index in [1.165, 1.54) is 0 Å². The van der Waals surface area contributed by atoms with Crippen molar-refractivity contribution in [2.75, 3.05) is 13.7 Å². The molecule has 0 aliphatic heterocycles. The number of halogens is 1. The van der Waals surface area contributed by atoms with E-state index in [0.717, 1.165) is 22.8 Å². The molecule has 0 radical (unpaired) electrons. The average Bonchev–Trinajstić information content (AvgIpc) is 2.24. The first kappa shape index (κ1) is 14.3. The molecule has 0 spiro atoms.